The molecule has 2 unspecified atom stereocenters. The molecule has 2 atom stereocenters. The maximum Gasteiger partial charge on any atom is 0.310 e. The lowest BCUT2D eigenvalue weighted by molar-refractivity contribution is -0.138. The van der Waals surface area contributed by atoms with Crippen molar-refractivity contribution >= 4 is 23.5 Å². The lowest BCUT2D eigenvalue weighted by Crippen LogP contribution is -2.43. The molecule has 1 fully saturated rings. The highest BCUT2D eigenvalue weighted by Crippen LogP contribution is 2.22. The number of carboxylic acid groups (broad SMARTS) is 1. The largest absolute Gasteiger partial charge is 0.481 e. The Morgan fingerprint density at radius 1 is 1.07 bits per heavy atom. The number of aryl methyl sites for hydroxylation is 1. The van der Waals surface area contributed by atoms with E-state index in [0.717, 1.165) is 18.4 Å². The summed E-state index contributed by atoms with van der Waals surface area (Å²) in [5, 5.41) is 12.0. The number of hydrogen-bond acceptors (Lipinski definition) is 3. The molecule has 1 heterocycles. The normalized spacial score (nSPS) is 17.4. The van der Waals surface area contributed by atoms with Crippen LogP contribution in [0.1, 0.15) is 47.2 Å². The number of carbonyl (C=O) groups excluding carboxylic acids is 2. The van der Waals surface area contributed by atoms with E-state index in [9.17, 15) is 14.4 Å². The van der Waals surface area contributed by atoms with Crippen molar-refractivity contribution in [3.8, 4) is 0 Å². The van der Waals surface area contributed by atoms with Crippen LogP contribution >= 0.6 is 0 Å². The van der Waals surface area contributed by atoms with Gasteiger partial charge in [-0.1, -0.05) is 29.8 Å². The van der Waals surface area contributed by atoms with Gasteiger partial charge in [0.15, 0.2) is 0 Å². The number of nitrogens with one attached hydrogen (secondary N) is 1. The van der Waals surface area contributed by atoms with E-state index < -0.39 is 11.9 Å². The van der Waals surface area contributed by atoms with Gasteiger partial charge in [-0.25, -0.2) is 0 Å². The summed E-state index contributed by atoms with van der Waals surface area (Å²) in [6, 6.07) is 14.3. The molecular formula is C23H26N2O4. The van der Waals surface area contributed by atoms with Crippen LogP contribution in [0.4, 0.5) is 5.69 Å². The third-order valence-electron chi connectivity index (χ3n) is 5.43. The SMILES string of the molecule is Cc1ccc(C(=O)N2CCCC(C(=O)Nc3ccc(C(C)C(=O)O)cc3)C2)cc1. The van der Waals surface area contributed by atoms with Crippen LogP contribution in [0, 0.1) is 12.8 Å². The maximum atomic E-state index is 12.7. The Labute approximate surface area is 170 Å². The van der Waals surface area contributed by atoms with Gasteiger partial charge in [0, 0.05) is 24.3 Å². The van der Waals surface area contributed by atoms with Crippen LogP contribution < -0.4 is 5.32 Å². The monoisotopic (exact) mass is 394 g/mol. The predicted octanol–water partition coefficient (Wildman–Crippen LogP) is 3.67. The number of piperidine rings is 1. The number of anilines is 1. The standard InChI is InChI=1S/C23H26N2O4/c1-15-5-7-18(8-6-15)22(27)25-13-3-4-19(14-25)21(26)24-20-11-9-17(10-12-20)16(2)23(28)29/h5-12,16,19H,3-4,13-14H2,1-2H3,(H,24,26)(H,28,29). The second-order valence-electron chi connectivity index (χ2n) is 7.63. The Morgan fingerprint density at radius 2 is 1.72 bits per heavy atom. The van der Waals surface area contributed by atoms with E-state index in [1.807, 2.05) is 31.2 Å². The van der Waals surface area contributed by atoms with E-state index in [2.05, 4.69) is 5.32 Å². The molecule has 1 aliphatic rings. The van der Waals surface area contributed by atoms with Crippen molar-refractivity contribution in [1.82, 2.24) is 4.90 Å². The number of likely N-dealkylation sites (tertiary alicyclic amines) is 1. The van der Waals surface area contributed by atoms with E-state index >= 15 is 0 Å². The fourth-order valence-corrected chi connectivity index (χ4v) is 3.50. The molecule has 0 spiro atoms. The molecule has 3 rings (SSSR count). The molecule has 29 heavy (non-hydrogen) atoms. The van der Waals surface area contributed by atoms with Crippen LogP contribution in [-0.2, 0) is 9.59 Å². The first-order valence-electron chi connectivity index (χ1n) is 9.84. The Balaban J connectivity index is 1.61. The minimum Gasteiger partial charge on any atom is -0.481 e. The molecule has 2 aromatic carbocycles. The molecule has 1 aliphatic heterocycles. The van der Waals surface area contributed by atoms with Gasteiger partial charge in [-0.2, -0.15) is 0 Å². The molecular weight excluding hydrogens is 368 g/mol. The zero-order valence-electron chi connectivity index (χ0n) is 16.7. The topological polar surface area (TPSA) is 86.7 Å². The maximum absolute atomic E-state index is 12.7. The number of carbonyl (C=O) groups is 3. The van der Waals surface area contributed by atoms with Crippen LogP contribution in [-0.4, -0.2) is 40.9 Å². The Kier molecular flexibility index (Phi) is 6.32. The van der Waals surface area contributed by atoms with Crippen LogP contribution in [0.5, 0.6) is 0 Å². The summed E-state index contributed by atoms with van der Waals surface area (Å²) in [6.45, 7) is 4.65. The van der Waals surface area contributed by atoms with Gasteiger partial charge >= 0.3 is 5.97 Å². The fraction of sp³-hybridized carbons (Fsp3) is 0.348. The summed E-state index contributed by atoms with van der Waals surface area (Å²) < 4.78 is 0. The van der Waals surface area contributed by atoms with Gasteiger partial charge in [0.2, 0.25) is 5.91 Å². The first kappa shape index (κ1) is 20.6. The van der Waals surface area contributed by atoms with E-state index in [4.69, 9.17) is 5.11 Å². The predicted molar refractivity (Wildman–Crippen MR) is 111 cm³/mol. The third-order valence-corrected chi connectivity index (χ3v) is 5.43. The highest BCUT2D eigenvalue weighted by atomic mass is 16.4. The van der Waals surface area contributed by atoms with Gasteiger partial charge in [0.1, 0.15) is 0 Å². The zero-order valence-corrected chi connectivity index (χ0v) is 16.7. The van der Waals surface area contributed by atoms with Gasteiger partial charge < -0.3 is 15.3 Å². The minimum atomic E-state index is -0.887. The van der Waals surface area contributed by atoms with Crippen LogP contribution in [0.15, 0.2) is 48.5 Å². The molecule has 0 aromatic heterocycles. The number of rotatable bonds is 5. The molecule has 1 saturated heterocycles. The van der Waals surface area contributed by atoms with Crippen molar-refractivity contribution in [1.29, 1.82) is 0 Å². The number of benzene rings is 2. The highest BCUT2D eigenvalue weighted by Gasteiger charge is 2.29. The van der Waals surface area contributed by atoms with Crippen molar-refractivity contribution in [3.63, 3.8) is 0 Å². The van der Waals surface area contributed by atoms with Crippen molar-refractivity contribution in [2.75, 3.05) is 18.4 Å². The molecule has 6 nitrogen and oxygen atoms in total. The zero-order chi connectivity index (χ0) is 21.0. The Bertz CT molecular complexity index is 890. The van der Waals surface area contributed by atoms with E-state index in [1.54, 1.807) is 36.1 Å². The number of carboxylic acids is 1. The highest BCUT2D eigenvalue weighted by molar-refractivity contribution is 5.96. The summed E-state index contributed by atoms with van der Waals surface area (Å²) in [5.41, 5.74) is 3.04. The molecule has 0 radical (unpaired) electrons. The van der Waals surface area contributed by atoms with Crippen molar-refractivity contribution in [2.45, 2.75) is 32.6 Å². The van der Waals surface area contributed by atoms with Gasteiger partial charge in [-0.15, -0.1) is 0 Å². The number of nitrogens with zero attached hydrogens (tertiary/aromatic N) is 1. The fourth-order valence-electron chi connectivity index (χ4n) is 3.50. The van der Waals surface area contributed by atoms with Gasteiger partial charge in [0.25, 0.3) is 5.91 Å². The number of aliphatic carboxylic acids is 1. The Morgan fingerprint density at radius 3 is 2.34 bits per heavy atom. The molecule has 0 aliphatic carbocycles. The van der Waals surface area contributed by atoms with Crippen molar-refractivity contribution < 1.29 is 19.5 Å². The molecule has 0 saturated carbocycles. The molecule has 152 valence electrons. The first-order chi connectivity index (χ1) is 13.8. The summed E-state index contributed by atoms with van der Waals surface area (Å²) in [6.07, 6.45) is 1.52. The van der Waals surface area contributed by atoms with Crippen LogP contribution in [0.2, 0.25) is 0 Å². The summed E-state index contributed by atoms with van der Waals surface area (Å²) in [5.74, 6) is -1.92. The van der Waals surface area contributed by atoms with E-state index in [0.29, 0.717) is 29.9 Å². The first-order valence-corrected chi connectivity index (χ1v) is 9.84. The average Bonchev–Trinajstić information content (AvgIpc) is 2.74. The second-order valence-corrected chi connectivity index (χ2v) is 7.63. The third kappa shape index (κ3) is 5.02. The lowest BCUT2D eigenvalue weighted by atomic mass is 9.96. The Hall–Kier alpha value is -3.15. The van der Waals surface area contributed by atoms with Crippen molar-refractivity contribution in [2.24, 2.45) is 5.92 Å². The molecule has 6 heteroatoms. The molecule has 2 N–H and O–H groups in total. The van der Waals surface area contributed by atoms with E-state index in [-0.39, 0.29) is 17.7 Å². The summed E-state index contributed by atoms with van der Waals surface area (Å²) >= 11 is 0. The number of amides is 2. The van der Waals surface area contributed by atoms with Gasteiger partial charge in [-0.05, 0) is 56.5 Å². The summed E-state index contributed by atoms with van der Waals surface area (Å²) in [7, 11) is 0. The van der Waals surface area contributed by atoms with Crippen LogP contribution in [0.25, 0.3) is 0 Å². The van der Waals surface area contributed by atoms with Gasteiger partial charge in [-0.3, -0.25) is 14.4 Å². The average molecular weight is 394 g/mol. The quantitative estimate of drug-likeness (QED) is 0.810. The number of hydrogen-bond donors (Lipinski definition) is 2. The summed E-state index contributed by atoms with van der Waals surface area (Å²) in [4.78, 5) is 38.3. The molecule has 0 bridgehead atoms. The molecule has 2 amide bonds. The minimum absolute atomic E-state index is 0.0467. The lowest BCUT2D eigenvalue weighted by Gasteiger charge is -2.32. The smallest absolute Gasteiger partial charge is 0.310 e. The van der Waals surface area contributed by atoms with E-state index in [1.165, 1.54) is 0 Å². The second kappa shape index (κ2) is 8.90. The molecule has 2 aromatic rings. The van der Waals surface area contributed by atoms with Crippen molar-refractivity contribution in [3.05, 3.63) is 65.2 Å². The van der Waals surface area contributed by atoms with Crippen LogP contribution in [0.3, 0.4) is 0 Å². The van der Waals surface area contributed by atoms with Gasteiger partial charge in [0.05, 0.1) is 11.8 Å².